The molecule has 2 aliphatic heterocycles. The van der Waals surface area contributed by atoms with Gasteiger partial charge in [0.1, 0.15) is 10.9 Å². The van der Waals surface area contributed by atoms with Crippen LogP contribution in [0.4, 0.5) is 0 Å². The molecule has 5 rings (SSSR count). The van der Waals surface area contributed by atoms with Gasteiger partial charge in [0, 0.05) is 12.1 Å². The van der Waals surface area contributed by atoms with Crippen molar-refractivity contribution in [1.82, 2.24) is 25.1 Å². The van der Waals surface area contributed by atoms with E-state index < -0.39 is 0 Å². The Hall–Kier alpha value is -1.01. The quantitative estimate of drug-likeness (QED) is 0.872. The third-order valence-corrected chi connectivity index (χ3v) is 4.90. The standard InChI is InChI=1S/C12H14BrN5/c1-7-8-9(13)17-18(10(8)15-6-14-7)12-3-11(2,4-12)16-5-12/h6,16H,3-5H2,1-2H3. The molecule has 3 aliphatic rings. The average Bonchev–Trinajstić information content (AvgIpc) is 2.89. The molecular weight excluding hydrogens is 294 g/mol. The van der Waals surface area contributed by atoms with E-state index in [0.717, 1.165) is 40.7 Å². The molecule has 0 radical (unpaired) electrons. The van der Waals surface area contributed by atoms with Crippen LogP contribution >= 0.6 is 15.9 Å². The summed E-state index contributed by atoms with van der Waals surface area (Å²) in [5.74, 6) is 0. The first-order valence-corrected chi connectivity index (χ1v) is 6.94. The number of rotatable bonds is 1. The van der Waals surface area contributed by atoms with Crippen LogP contribution in [0.3, 0.4) is 0 Å². The zero-order chi connectivity index (χ0) is 12.5. The Morgan fingerprint density at radius 3 is 2.83 bits per heavy atom. The minimum Gasteiger partial charge on any atom is -0.309 e. The zero-order valence-electron chi connectivity index (χ0n) is 10.4. The summed E-state index contributed by atoms with van der Waals surface area (Å²) in [6.45, 7) is 5.26. The van der Waals surface area contributed by atoms with E-state index in [0.29, 0.717) is 5.54 Å². The van der Waals surface area contributed by atoms with E-state index >= 15 is 0 Å². The summed E-state index contributed by atoms with van der Waals surface area (Å²) < 4.78 is 2.95. The Labute approximate surface area is 113 Å². The van der Waals surface area contributed by atoms with Gasteiger partial charge in [0.25, 0.3) is 0 Å². The SMILES string of the molecule is Cc1ncnc2c1c(Br)nn2C12CNC(C)(C1)C2. The maximum absolute atomic E-state index is 4.66. The van der Waals surface area contributed by atoms with E-state index in [2.05, 4.69) is 47.9 Å². The monoisotopic (exact) mass is 307 g/mol. The molecule has 0 unspecified atom stereocenters. The molecule has 2 aromatic rings. The van der Waals surface area contributed by atoms with E-state index in [4.69, 9.17) is 0 Å². The number of halogens is 1. The minimum atomic E-state index is 0.111. The number of nitrogens with one attached hydrogen (secondary N) is 1. The molecule has 0 amide bonds. The Morgan fingerprint density at radius 2 is 2.17 bits per heavy atom. The molecule has 94 valence electrons. The lowest BCUT2D eigenvalue weighted by Gasteiger charge is -2.44. The predicted molar refractivity (Wildman–Crippen MR) is 71.4 cm³/mol. The van der Waals surface area contributed by atoms with Gasteiger partial charge in [0.15, 0.2) is 5.65 Å². The molecule has 18 heavy (non-hydrogen) atoms. The van der Waals surface area contributed by atoms with Crippen LogP contribution < -0.4 is 5.32 Å². The van der Waals surface area contributed by atoms with Crippen LogP contribution in [-0.4, -0.2) is 31.8 Å². The Balaban J connectivity index is 1.95. The lowest BCUT2D eigenvalue weighted by atomic mass is 9.69. The van der Waals surface area contributed by atoms with E-state index in [1.807, 2.05) is 6.92 Å². The third-order valence-electron chi connectivity index (χ3n) is 4.34. The summed E-state index contributed by atoms with van der Waals surface area (Å²) in [7, 11) is 0. The van der Waals surface area contributed by atoms with Gasteiger partial charge in [-0.1, -0.05) is 0 Å². The van der Waals surface area contributed by atoms with Crippen molar-refractivity contribution in [3.8, 4) is 0 Å². The summed E-state index contributed by atoms with van der Waals surface area (Å²) >= 11 is 3.54. The molecule has 0 atom stereocenters. The van der Waals surface area contributed by atoms with Gasteiger partial charge < -0.3 is 5.32 Å². The average molecular weight is 308 g/mol. The fourth-order valence-electron chi connectivity index (χ4n) is 3.63. The molecule has 1 N–H and O–H groups in total. The van der Waals surface area contributed by atoms with Gasteiger partial charge in [-0.3, -0.25) is 0 Å². The molecule has 2 aromatic heterocycles. The molecule has 5 nitrogen and oxygen atoms in total. The number of hydrogen-bond acceptors (Lipinski definition) is 4. The van der Waals surface area contributed by atoms with E-state index in [9.17, 15) is 0 Å². The minimum absolute atomic E-state index is 0.111. The summed E-state index contributed by atoms with van der Waals surface area (Å²) in [6, 6.07) is 0. The number of fused-ring (bicyclic) bond motifs is 2. The van der Waals surface area contributed by atoms with Gasteiger partial charge in [-0.25, -0.2) is 14.6 Å². The van der Waals surface area contributed by atoms with Crippen molar-refractivity contribution < 1.29 is 0 Å². The highest BCUT2D eigenvalue weighted by molar-refractivity contribution is 9.10. The highest BCUT2D eigenvalue weighted by atomic mass is 79.9. The zero-order valence-corrected chi connectivity index (χ0v) is 12.0. The molecule has 1 saturated carbocycles. The summed E-state index contributed by atoms with van der Waals surface area (Å²) in [5, 5.41) is 9.28. The van der Waals surface area contributed by atoms with Gasteiger partial charge in [-0.2, -0.15) is 5.10 Å². The van der Waals surface area contributed by atoms with Crippen LogP contribution in [0.25, 0.3) is 11.0 Å². The number of aryl methyl sites for hydroxylation is 1. The fourth-order valence-corrected chi connectivity index (χ4v) is 4.26. The second-order valence-corrected chi connectivity index (χ2v) is 6.60. The van der Waals surface area contributed by atoms with Crippen LogP contribution in [0.15, 0.2) is 10.9 Å². The van der Waals surface area contributed by atoms with Gasteiger partial charge in [-0.05, 0) is 42.6 Å². The fraction of sp³-hybridized carbons (Fsp3) is 0.583. The van der Waals surface area contributed by atoms with E-state index in [1.54, 1.807) is 6.33 Å². The van der Waals surface area contributed by atoms with Crippen LogP contribution in [0, 0.1) is 6.92 Å². The summed E-state index contributed by atoms with van der Waals surface area (Å²) in [6.07, 6.45) is 3.89. The van der Waals surface area contributed by atoms with Gasteiger partial charge in [0.05, 0.1) is 16.6 Å². The van der Waals surface area contributed by atoms with Crippen molar-refractivity contribution in [2.75, 3.05) is 6.54 Å². The maximum atomic E-state index is 4.66. The van der Waals surface area contributed by atoms with Crippen molar-refractivity contribution in [3.63, 3.8) is 0 Å². The van der Waals surface area contributed by atoms with Crippen molar-refractivity contribution >= 4 is 27.0 Å². The van der Waals surface area contributed by atoms with Gasteiger partial charge in [0.2, 0.25) is 0 Å². The molecule has 0 spiro atoms. The molecule has 6 heteroatoms. The van der Waals surface area contributed by atoms with Crippen LogP contribution in [0.5, 0.6) is 0 Å². The number of aromatic nitrogens is 4. The summed E-state index contributed by atoms with van der Waals surface area (Å²) in [5.41, 5.74) is 2.33. The number of nitrogens with zero attached hydrogens (tertiary/aromatic N) is 4. The topological polar surface area (TPSA) is 55.6 Å². The molecule has 0 aromatic carbocycles. The van der Waals surface area contributed by atoms with Crippen molar-refractivity contribution in [1.29, 1.82) is 0 Å². The third kappa shape index (κ3) is 1.17. The number of hydrogen-bond donors (Lipinski definition) is 1. The molecule has 2 saturated heterocycles. The Kier molecular flexibility index (Phi) is 1.88. The molecular formula is C12H14BrN5. The lowest BCUT2D eigenvalue weighted by Crippen LogP contribution is -2.50. The van der Waals surface area contributed by atoms with Crippen molar-refractivity contribution in [2.45, 2.75) is 37.8 Å². The van der Waals surface area contributed by atoms with Crippen molar-refractivity contribution in [3.05, 3.63) is 16.6 Å². The van der Waals surface area contributed by atoms with Crippen LogP contribution in [0.1, 0.15) is 25.5 Å². The van der Waals surface area contributed by atoms with Gasteiger partial charge in [-0.15, -0.1) is 0 Å². The smallest absolute Gasteiger partial charge is 0.163 e. The first kappa shape index (κ1) is 10.9. The van der Waals surface area contributed by atoms with E-state index in [-0.39, 0.29) is 5.54 Å². The van der Waals surface area contributed by atoms with E-state index in [1.165, 1.54) is 0 Å². The Morgan fingerprint density at radius 1 is 1.39 bits per heavy atom. The van der Waals surface area contributed by atoms with Crippen molar-refractivity contribution in [2.24, 2.45) is 0 Å². The highest BCUT2D eigenvalue weighted by Crippen LogP contribution is 2.52. The second kappa shape index (κ2) is 3.11. The highest BCUT2D eigenvalue weighted by Gasteiger charge is 2.60. The normalized spacial score (nSPS) is 33.9. The molecule has 2 bridgehead atoms. The maximum Gasteiger partial charge on any atom is 0.163 e. The summed E-state index contributed by atoms with van der Waals surface area (Å²) in [4.78, 5) is 8.68. The lowest BCUT2D eigenvalue weighted by molar-refractivity contribution is 0.124. The second-order valence-electron chi connectivity index (χ2n) is 5.85. The predicted octanol–water partition coefficient (Wildman–Crippen LogP) is 1.75. The van der Waals surface area contributed by atoms with Gasteiger partial charge >= 0.3 is 0 Å². The van der Waals surface area contributed by atoms with Crippen LogP contribution in [0.2, 0.25) is 0 Å². The Bertz CT molecular complexity index is 656. The molecule has 3 fully saturated rings. The first-order chi connectivity index (χ1) is 8.53. The first-order valence-electron chi connectivity index (χ1n) is 6.14. The molecule has 4 heterocycles. The largest absolute Gasteiger partial charge is 0.309 e. The molecule has 1 aliphatic carbocycles. The van der Waals surface area contributed by atoms with Crippen LogP contribution in [-0.2, 0) is 5.54 Å².